The van der Waals surface area contributed by atoms with Gasteiger partial charge in [-0.1, -0.05) is 6.07 Å². The second kappa shape index (κ2) is 3.56. The summed E-state index contributed by atoms with van der Waals surface area (Å²) in [4.78, 5) is 27.9. The fraction of sp³-hybridized carbons (Fsp3) is 0.333. The molecular weight excluding hydrogens is 218 g/mol. The summed E-state index contributed by atoms with van der Waals surface area (Å²) < 4.78 is 0. The SMILES string of the molecule is CNC1Cc2ccc3[nH]c(=O)c(=O)[nH]c3c2C1. The maximum Gasteiger partial charge on any atom is 0.314 e. The van der Waals surface area contributed by atoms with Gasteiger partial charge in [-0.2, -0.15) is 0 Å². The first kappa shape index (κ1) is 10.3. The van der Waals surface area contributed by atoms with Crippen molar-refractivity contribution in [1.29, 1.82) is 0 Å². The number of benzene rings is 1. The van der Waals surface area contributed by atoms with Crippen LogP contribution in [-0.2, 0) is 12.8 Å². The van der Waals surface area contributed by atoms with Crippen molar-refractivity contribution >= 4 is 11.0 Å². The molecule has 1 aliphatic rings. The van der Waals surface area contributed by atoms with Crippen LogP contribution in [0.25, 0.3) is 11.0 Å². The molecule has 2 aromatic rings. The fourth-order valence-electron chi connectivity index (χ4n) is 2.50. The topological polar surface area (TPSA) is 77.8 Å². The van der Waals surface area contributed by atoms with Gasteiger partial charge in [0.25, 0.3) is 0 Å². The molecule has 5 nitrogen and oxygen atoms in total. The number of nitrogens with one attached hydrogen (secondary N) is 3. The molecule has 1 unspecified atom stereocenters. The number of aromatic amines is 2. The Hall–Kier alpha value is -1.88. The van der Waals surface area contributed by atoms with E-state index in [1.165, 1.54) is 5.56 Å². The molecule has 17 heavy (non-hydrogen) atoms. The first-order valence-corrected chi connectivity index (χ1v) is 5.63. The number of H-pyrrole nitrogens is 2. The molecule has 0 radical (unpaired) electrons. The van der Waals surface area contributed by atoms with E-state index in [-0.39, 0.29) is 0 Å². The number of likely N-dealkylation sites (N-methyl/N-ethyl adjacent to an activating group) is 1. The van der Waals surface area contributed by atoms with Gasteiger partial charge in [0.2, 0.25) is 0 Å². The van der Waals surface area contributed by atoms with Crippen LogP contribution in [0.1, 0.15) is 11.1 Å². The summed E-state index contributed by atoms with van der Waals surface area (Å²) in [7, 11) is 1.93. The number of hydrogen-bond acceptors (Lipinski definition) is 3. The zero-order chi connectivity index (χ0) is 12.0. The fourth-order valence-corrected chi connectivity index (χ4v) is 2.50. The molecular formula is C12H13N3O2. The first-order valence-electron chi connectivity index (χ1n) is 5.63. The average molecular weight is 231 g/mol. The Kier molecular flexibility index (Phi) is 2.16. The van der Waals surface area contributed by atoms with E-state index in [4.69, 9.17) is 0 Å². The third kappa shape index (κ3) is 1.51. The number of fused-ring (bicyclic) bond motifs is 3. The molecule has 88 valence electrons. The Morgan fingerprint density at radius 3 is 2.71 bits per heavy atom. The molecule has 1 aromatic heterocycles. The van der Waals surface area contributed by atoms with Gasteiger partial charge in [0, 0.05) is 6.04 Å². The molecule has 1 atom stereocenters. The van der Waals surface area contributed by atoms with Gasteiger partial charge in [-0.25, -0.2) is 0 Å². The number of rotatable bonds is 1. The maximum atomic E-state index is 11.4. The molecule has 3 N–H and O–H groups in total. The Balaban J connectivity index is 2.30. The van der Waals surface area contributed by atoms with E-state index in [0.29, 0.717) is 11.6 Å². The summed E-state index contributed by atoms with van der Waals surface area (Å²) in [5.41, 5.74) is 2.66. The minimum Gasteiger partial charge on any atom is -0.316 e. The van der Waals surface area contributed by atoms with E-state index < -0.39 is 11.1 Å². The van der Waals surface area contributed by atoms with Gasteiger partial charge in [-0.15, -0.1) is 0 Å². The van der Waals surface area contributed by atoms with Crippen LogP contribution in [0.5, 0.6) is 0 Å². The lowest BCUT2D eigenvalue weighted by molar-refractivity contribution is 0.594. The van der Waals surface area contributed by atoms with Gasteiger partial charge in [-0.3, -0.25) is 9.59 Å². The molecule has 0 saturated carbocycles. The molecule has 1 aromatic carbocycles. The van der Waals surface area contributed by atoms with Crippen LogP contribution in [0, 0.1) is 0 Å². The van der Waals surface area contributed by atoms with Gasteiger partial charge >= 0.3 is 11.1 Å². The summed E-state index contributed by atoms with van der Waals surface area (Å²) >= 11 is 0. The molecule has 1 heterocycles. The first-order chi connectivity index (χ1) is 8.19. The summed E-state index contributed by atoms with van der Waals surface area (Å²) in [5.74, 6) is 0. The van der Waals surface area contributed by atoms with Crippen molar-refractivity contribution in [2.24, 2.45) is 0 Å². The molecule has 0 saturated heterocycles. The van der Waals surface area contributed by atoms with Gasteiger partial charge in [0.05, 0.1) is 11.0 Å². The maximum absolute atomic E-state index is 11.4. The third-order valence-electron chi connectivity index (χ3n) is 3.43. The van der Waals surface area contributed by atoms with Crippen molar-refractivity contribution in [3.63, 3.8) is 0 Å². The predicted molar refractivity (Wildman–Crippen MR) is 65.4 cm³/mol. The minimum atomic E-state index is -0.597. The Morgan fingerprint density at radius 1 is 1.18 bits per heavy atom. The molecule has 0 fully saturated rings. The highest BCUT2D eigenvalue weighted by Gasteiger charge is 2.22. The summed E-state index contributed by atoms with van der Waals surface area (Å²) in [6, 6.07) is 4.28. The second-order valence-electron chi connectivity index (χ2n) is 4.43. The van der Waals surface area contributed by atoms with Crippen LogP contribution < -0.4 is 16.4 Å². The lowest BCUT2D eigenvalue weighted by Gasteiger charge is -2.05. The molecule has 3 rings (SSSR count). The third-order valence-corrected chi connectivity index (χ3v) is 3.43. The van der Waals surface area contributed by atoms with E-state index in [1.54, 1.807) is 0 Å². The van der Waals surface area contributed by atoms with E-state index in [1.807, 2.05) is 19.2 Å². The Bertz CT molecular complexity index is 699. The molecule has 5 heteroatoms. The van der Waals surface area contributed by atoms with Crippen LogP contribution in [0.3, 0.4) is 0 Å². The average Bonchev–Trinajstić information content (AvgIpc) is 2.74. The van der Waals surface area contributed by atoms with E-state index in [2.05, 4.69) is 15.3 Å². The van der Waals surface area contributed by atoms with E-state index in [0.717, 1.165) is 23.9 Å². The van der Waals surface area contributed by atoms with Crippen LogP contribution in [0.4, 0.5) is 0 Å². The smallest absolute Gasteiger partial charge is 0.314 e. The van der Waals surface area contributed by atoms with Crippen LogP contribution in [0.2, 0.25) is 0 Å². The van der Waals surface area contributed by atoms with Crippen molar-refractivity contribution in [2.45, 2.75) is 18.9 Å². The van der Waals surface area contributed by atoms with Gasteiger partial charge < -0.3 is 15.3 Å². The Morgan fingerprint density at radius 2 is 1.94 bits per heavy atom. The minimum absolute atomic E-state index is 0.408. The monoisotopic (exact) mass is 231 g/mol. The zero-order valence-corrected chi connectivity index (χ0v) is 9.46. The van der Waals surface area contributed by atoms with Crippen LogP contribution >= 0.6 is 0 Å². The summed E-state index contributed by atoms with van der Waals surface area (Å²) in [6.45, 7) is 0. The summed E-state index contributed by atoms with van der Waals surface area (Å²) in [5, 5.41) is 3.24. The van der Waals surface area contributed by atoms with Crippen molar-refractivity contribution in [2.75, 3.05) is 7.05 Å². The van der Waals surface area contributed by atoms with E-state index in [9.17, 15) is 9.59 Å². The predicted octanol–water partition coefficient (Wildman–Crippen LogP) is -0.0970. The van der Waals surface area contributed by atoms with Crippen molar-refractivity contribution < 1.29 is 0 Å². The van der Waals surface area contributed by atoms with E-state index >= 15 is 0 Å². The van der Waals surface area contributed by atoms with Gasteiger partial charge in [0.1, 0.15) is 0 Å². The normalized spacial score (nSPS) is 18.5. The highest BCUT2D eigenvalue weighted by atomic mass is 16.2. The van der Waals surface area contributed by atoms with Crippen molar-refractivity contribution in [3.8, 4) is 0 Å². The highest BCUT2D eigenvalue weighted by molar-refractivity contribution is 5.79. The lowest BCUT2D eigenvalue weighted by Crippen LogP contribution is -2.29. The molecule has 0 spiro atoms. The quantitative estimate of drug-likeness (QED) is 0.600. The molecule has 0 aliphatic heterocycles. The zero-order valence-electron chi connectivity index (χ0n) is 9.46. The van der Waals surface area contributed by atoms with Gasteiger partial charge in [0.15, 0.2) is 0 Å². The summed E-state index contributed by atoms with van der Waals surface area (Å²) in [6.07, 6.45) is 1.84. The standard InChI is InChI=1S/C12H13N3O2/c1-13-7-4-6-2-3-9-10(8(6)5-7)15-12(17)11(16)14-9/h2-3,7,13H,4-5H2,1H3,(H,14,16)(H,15,17). The van der Waals surface area contributed by atoms with Gasteiger partial charge in [-0.05, 0) is 37.1 Å². The highest BCUT2D eigenvalue weighted by Crippen LogP contribution is 2.26. The van der Waals surface area contributed by atoms with Crippen LogP contribution in [-0.4, -0.2) is 23.1 Å². The molecule has 1 aliphatic carbocycles. The molecule has 0 bridgehead atoms. The van der Waals surface area contributed by atoms with Crippen molar-refractivity contribution in [1.82, 2.24) is 15.3 Å². The largest absolute Gasteiger partial charge is 0.316 e. The second-order valence-corrected chi connectivity index (χ2v) is 4.43. The number of hydrogen-bond donors (Lipinski definition) is 3. The Labute approximate surface area is 96.9 Å². The number of aromatic nitrogens is 2. The van der Waals surface area contributed by atoms with Crippen molar-refractivity contribution in [3.05, 3.63) is 44.0 Å². The lowest BCUT2D eigenvalue weighted by atomic mass is 10.1. The molecule has 0 amide bonds. The van der Waals surface area contributed by atoms with Crippen LogP contribution in [0.15, 0.2) is 21.7 Å².